The van der Waals surface area contributed by atoms with Gasteiger partial charge < -0.3 is 10.3 Å². The Morgan fingerprint density at radius 1 is 1.29 bits per heavy atom. The fraction of sp³-hybridized carbons (Fsp3) is 0.385. The summed E-state index contributed by atoms with van der Waals surface area (Å²) in [6.07, 6.45) is 1.88. The highest BCUT2D eigenvalue weighted by Gasteiger charge is 2.14. The Morgan fingerprint density at radius 3 is 2.65 bits per heavy atom. The van der Waals surface area contributed by atoms with E-state index in [1.54, 1.807) is 0 Å². The molecule has 0 aliphatic heterocycles. The third-order valence-electron chi connectivity index (χ3n) is 2.67. The molecule has 4 heteroatoms. The number of hydrogen-bond donors (Lipinski definition) is 1. The van der Waals surface area contributed by atoms with Crippen molar-refractivity contribution < 1.29 is 4.52 Å². The first-order chi connectivity index (χ1) is 8.20. The minimum absolute atomic E-state index is 0.136. The second-order valence-corrected chi connectivity index (χ2v) is 4.22. The molecule has 0 aliphatic rings. The van der Waals surface area contributed by atoms with E-state index < -0.39 is 0 Å². The maximum atomic E-state index is 5.94. The van der Waals surface area contributed by atoms with Gasteiger partial charge in [0.15, 0.2) is 5.82 Å². The van der Waals surface area contributed by atoms with E-state index in [2.05, 4.69) is 17.1 Å². The fourth-order valence-electron chi connectivity index (χ4n) is 1.64. The van der Waals surface area contributed by atoms with Gasteiger partial charge in [-0.15, -0.1) is 0 Å². The Kier molecular flexibility index (Phi) is 3.54. The average Bonchev–Trinajstić information content (AvgIpc) is 2.80. The van der Waals surface area contributed by atoms with Crippen molar-refractivity contribution in [2.24, 2.45) is 5.73 Å². The van der Waals surface area contributed by atoms with Gasteiger partial charge in [0.25, 0.3) is 5.89 Å². The molecule has 0 fully saturated rings. The number of rotatable bonds is 4. The number of benzene rings is 1. The number of nitrogens with zero attached hydrogens (tertiary/aromatic N) is 2. The molecule has 0 aliphatic carbocycles. The standard InChI is InChI=1S/C13H17N3O/c1-3-4-11(14)12-15-13(17-16-12)10-7-5-9(2)6-8-10/h5-8,11H,3-4,14H2,1-2H3. The molecule has 2 N–H and O–H groups in total. The summed E-state index contributed by atoms with van der Waals surface area (Å²) in [5.41, 5.74) is 8.07. The molecule has 90 valence electrons. The van der Waals surface area contributed by atoms with Gasteiger partial charge in [-0.2, -0.15) is 4.98 Å². The summed E-state index contributed by atoms with van der Waals surface area (Å²) in [7, 11) is 0. The van der Waals surface area contributed by atoms with Crippen LogP contribution < -0.4 is 5.73 Å². The number of nitrogens with two attached hydrogens (primary N) is 1. The van der Waals surface area contributed by atoms with Crippen LogP contribution in [-0.2, 0) is 0 Å². The third-order valence-corrected chi connectivity index (χ3v) is 2.67. The highest BCUT2D eigenvalue weighted by atomic mass is 16.5. The number of aryl methyl sites for hydroxylation is 1. The normalized spacial score (nSPS) is 12.6. The van der Waals surface area contributed by atoms with Gasteiger partial charge in [0.2, 0.25) is 0 Å². The second kappa shape index (κ2) is 5.10. The van der Waals surface area contributed by atoms with Crippen LogP contribution >= 0.6 is 0 Å². The molecule has 2 rings (SSSR count). The molecule has 1 unspecified atom stereocenters. The summed E-state index contributed by atoms with van der Waals surface area (Å²) in [5.74, 6) is 1.12. The zero-order valence-corrected chi connectivity index (χ0v) is 10.2. The van der Waals surface area contributed by atoms with Crippen LogP contribution in [0.2, 0.25) is 0 Å². The van der Waals surface area contributed by atoms with E-state index in [0.717, 1.165) is 18.4 Å². The Balaban J connectivity index is 2.20. The van der Waals surface area contributed by atoms with E-state index in [-0.39, 0.29) is 6.04 Å². The first-order valence-electron chi connectivity index (χ1n) is 5.87. The quantitative estimate of drug-likeness (QED) is 0.878. The minimum Gasteiger partial charge on any atom is -0.334 e. The van der Waals surface area contributed by atoms with Crippen LogP contribution in [0.15, 0.2) is 28.8 Å². The molecule has 0 saturated carbocycles. The Hall–Kier alpha value is -1.68. The SMILES string of the molecule is CCCC(N)c1noc(-c2ccc(C)cc2)n1. The van der Waals surface area contributed by atoms with Crippen LogP contribution in [0.3, 0.4) is 0 Å². The largest absolute Gasteiger partial charge is 0.334 e. The van der Waals surface area contributed by atoms with Crippen molar-refractivity contribution >= 4 is 0 Å². The highest BCUT2D eigenvalue weighted by Crippen LogP contribution is 2.20. The fourth-order valence-corrected chi connectivity index (χ4v) is 1.64. The summed E-state index contributed by atoms with van der Waals surface area (Å²) >= 11 is 0. The van der Waals surface area contributed by atoms with Crippen molar-refractivity contribution in [1.82, 2.24) is 10.1 Å². The van der Waals surface area contributed by atoms with Gasteiger partial charge in [-0.1, -0.05) is 36.2 Å². The van der Waals surface area contributed by atoms with E-state index in [9.17, 15) is 0 Å². The van der Waals surface area contributed by atoms with Crippen molar-refractivity contribution in [3.8, 4) is 11.5 Å². The first-order valence-corrected chi connectivity index (χ1v) is 5.87. The lowest BCUT2D eigenvalue weighted by atomic mass is 10.1. The van der Waals surface area contributed by atoms with Gasteiger partial charge in [0, 0.05) is 5.56 Å². The summed E-state index contributed by atoms with van der Waals surface area (Å²) in [5, 5.41) is 3.92. The number of aromatic nitrogens is 2. The van der Waals surface area contributed by atoms with Crippen LogP contribution in [0.4, 0.5) is 0 Å². The summed E-state index contributed by atoms with van der Waals surface area (Å²) < 4.78 is 5.22. The van der Waals surface area contributed by atoms with Crippen LogP contribution in [0.25, 0.3) is 11.5 Å². The van der Waals surface area contributed by atoms with Crippen molar-refractivity contribution in [2.75, 3.05) is 0 Å². The van der Waals surface area contributed by atoms with Crippen LogP contribution in [0, 0.1) is 6.92 Å². The maximum Gasteiger partial charge on any atom is 0.257 e. The molecular weight excluding hydrogens is 214 g/mol. The maximum absolute atomic E-state index is 5.94. The minimum atomic E-state index is -0.136. The van der Waals surface area contributed by atoms with E-state index in [4.69, 9.17) is 10.3 Å². The van der Waals surface area contributed by atoms with E-state index in [1.165, 1.54) is 5.56 Å². The molecule has 4 nitrogen and oxygen atoms in total. The lowest BCUT2D eigenvalue weighted by Gasteiger charge is -2.02. The number of hydrogen-bond acceptors (Lipinski definition) is 4. The van der Waals surface area contributed by atoms with Crippen LogP contribution in [-0.4, -0.2) is 10.1 Å². The van der Waals surface area contributed by atoms with E-state index >= 15 is 0 Å². The molecule has 1 heterocycles. The Bertz CT molecular complexity index is 476. The predicted octanol–water partition coefficient (Wildman–Crippen LogP) is 2.84. The van der Waals surface area contributed by atoms with Gasteiger partial charge in [0.05, 0.1) is 6.04 Å². The van der Waals surface area contributed by atoms with Crippen molar-refractivity contribution in [2.45, 2.75) is 32.7 Å². The summed E-state index contributed by atoms with van der Waals surface area (Å²) in [6.45, 7) is 4.13. The Labute approximate surface area is 101 Å². The first kappa shape index (κ1) is 11.8. The third kappa shape index (κ3) is 2.71. The molecule has 0 spiro atoms. The molecule has 1 aromatic carbocycles. The van der Waals surface area contributed by atoms with Gasteiger partial charge >= 0.3 is 0 Å². The lowest BCUT2D eigenvalue weighted by Crippen LogP contribution is -2.11. The second-order valence-electron chi connectivity index (χ2n) is 4.22. The monoisotopic (exact) mass is 231 g/mol. The average molecular weight is 231 g/mol. The molecule has 1 atom stereocenters. The summed E-state index contributed by atoms with van der Waals surface area (Å²) in [4.78, 5) is 4.33. The van der Waals surface area contributed by atoms with Crippen LogP contribution in [0.5, 0.6) is 0 Å². The van der Waals surface area contributed by atoms with Gasteiger partial charge in [0.1, 0.15) is 0 Å². The van der Waals surface area contributed by atoms with Gasteiger partial charge in [-0.3, -0.25) is 0 Å². The molecular formula is C13H17N3O. The van der Waals surface area contributed by atoms with Gasteiger partial charge in [-0.05, 0) is 25.5 Å². The van der Waals surface area contributed by atoms with Gasteiger partial charge in [-0.25, -0.2) is 0 Å². The van der Waals surface area contributed by atoms with Crippen LogP contribution in [0.1, 0.15) is 37.2 Å². The smallest absolute Gasteiger partial charge is 0.257 e. The zero-order chi connectivity index (χ0) is 12.3. The summed E-state index contributed by atoms with van der Waals surface area (Å²) in [6, 6.07) is 7.84. The molecule has 2 aromatic rings. The van der Waals surface area contributed by atoms with Crippen molar-refractivity contribution in [3.63, 3.8) is 0 Å². The molecule has 0 bridgehead atoms. The molecule has 0 radical (unpaired) electrons. The van der Waals surface area contributed by atoms with E-state index in [1.807, 2.05) is 31.2 Å². The molecule has 0 amide bonds. The zero-order valence-electron chi connectivity index (χ0n) is 10.2. The highest BCUT2D eigenvalue weighted by molar-refractivity contribution is 5.53. The molecule has 0 saturated heterocycles. The predicted molar refractivity (Wildman–Crippen MR) is 66.3 cm³/mol. The lowest BCUT2D eigenvalue weighted by molar-refractivity contribution is 0.413. The topological polar surface area (TPSA) is 64.9 Å². The van der Waals surface area contributed by atoms with E-state index in [0.29, 0.717) is 11.7 Å². The van der Waals surface area contributed by atoms with Crippen molar-refractivity contribution in [1.29, 1.82) is 0 Å². The van der Waals surface area contributed by atoms with Crippen molar-refractivity contribution in [3.05, 3.63) is 35.7 Å². The Morgan fingerprint density at radius 2 is 2.00 bits per heavy atom. The molecule has 17 heavy (non-hydrogen) atoms. The molecule has 1 aromatic heterocycles.